The van der Waals surface area contributed by atoms with E-state index in [2.05, 4.69) is 26.0 Å². The normalized spacial score (nSPS) is 15.3. The molecule has 0 saturated heterocycles. The Morgan fingerprint density at radius 2 is 1.52 bits per heavy atom. The maximum atomic E-state index is 13.4. The van der Waals surface area contributed by atoms with Crippen LogP contribution in [0, 0.1) is 0 Å². The van der Waals surface area contributed by atoms with Gasteiger partial charge in [-0.25, -0.2) is 0 Å². The molecule has 0 unspecified atom stereocenters. The Hall–Kier alpha value is -3.10. The van der Waals surface area contributed by atoms with E-state index in [0.29, 0.717) is 16.5 Å². The van der Waals surface area contributed by atoms with Crippen LogP contribution >= 0.6 is 11.6 Å². The van der Waals surface area contributed by atoms with Crippen molar-refractivity contribution in [3.05, 3.63) is 112 Å². The first-order valence-corrected chi connectivity index (χ1v) is 10.1. The molecule has 2 nitrogen and oxygen atoms in total. The van der Waals surface area contributed by atoms with E-state index in [0.717, 1.165) is 22.5 Å². The van der Waals surface area contributed by atoms with Gasteiger partial charge in [0, 0.05) is 16.3 Å². The average Bonchev–Trinajstić information content (AvgIpc) is 3.05. The van der Waals surface area contributed by atoms with Crippen molar-refractivity contribution in [1.82, 2.24) is 0 Å². The molecule has 0 N–H and O–H groups in total. The summed E-state index contributed by atoms with van der Waals surface area (Å²) in [5.41, 5.74) is 5.57. The molecule has 0 fully saturated rings. The number of amides is 1. The van der Waals surface area contributed by atoms with Gasteiger partial charge in [-0.1, -0.05) is 80.0 Å². The monoisotopic (exact) mass is 399 g/mol. The zero-order valence-electron chi connectivity index (χ0n) is 16.5. The molecule has 1 aliphatic rings. The van der Waals surface area contributed by atoms with Crippen LogP contribution in [0.3, 0.4) is 0 Å². The number of nitrogens with zero attached hydrogens (tertiary/aromatic N) is 1. The van der Waals surface area contributed by atoms with Crippen LogP contribution in [-0.4, -0.2) is 5.91 Å². The van der Waals surface area contributed by atoms with Gasteiger partial charge in [0.15, 0.2) is 0 Å². The maximum absolute atomic E-state index is 13.4. The van der Waals surface area contributed by atoms with Gasteiger partial charge in [0.25, 0.3) is 5.91 Å². The molecule has 0 radical (unpaired) electrons. The fourth-order valence-electron chi connectivity index (χ4n) is 3.44. The van der Waals surface area contributed by atoms with Crippen molar-refractivity contribution < 1.29 is 4.79 Å². The molecule has 29 heavy (non-hydrogen) atoms. The highest BCUT2D eigenvalue weighted by atomic mass is 35.5. The molecule has 3 aromatic rings. The van der Waals surface area contributed by atoms with Gasteiger partial charge in [-0.3, -0.25) is 9.69 Å². The summed E-state index contributed by atoms with van der Waals surface area (Å²) in [4.78, 5) is 15.1. The third kappa shape index (κ3) is 4.03. The Kier molecular flexibility index (Phi) is 5.37. The van der Waals surface area contributed by atoms with Gasteiger partial charge in [-0.15, -0.1) is 0 Å². The number of anilines is 1. The topological polar surface area (TPSA) is 20.3 Å². The average molecular weight is 400 g/mol. The summed E-state index contributed by atoms with van der Waals surface area (Å²) in [5.74, 6) is 0.411. The summed E-state index contributed by atoms with van der Waals surface area (Å²) in [5, 5.41) is 0.673. The van der Waals surface area contributed by atoms with E-state index >= 15 is 0 Å². The summed E-state index contributed by atoms with van der Waals surface area (Å²) in [6.45, 7) is 4.32. The van der Waals surface area contributed by atoms with Crippen LogP contribution in [0.4, 0.5) is 5.69 Å². The lowest BCUT2D eigenvalue weighted by Gasteiger charge is -2.21. The van der Waals surface area contributed by atoms with Crippen LogP contribution in [-0.2, 0) is 4.79 Å². The molecule has 0 bridgehead atoms. The third-order valence-electron chi connectivity index (χ3n) is 5.06. The van der Waals surface area contributed by atoms with E-state index in [9.17, 15) is 4.79 Å². The second-order valence-corrected chi connectivity index (χ2v) is 7.87. The first-order chi connectivity index (χ1) is 14.0. The van der Waals surface area contributed by atoms with Gasteiger partial charge in [-0.2, -0.15) is 0 Å². The van der Waals surface area contributed by atoms with Gasteiger partial charge in [0.1, 0.15) is 0 Å². The molecule has 0 aromatic heterocycles. The van der Waals surface area contributed by atoms with Crippen LogP contribution in [0.25, 0.3) is 11.8 Å². The fourth-order valence-corrected chi connectivity index (χ4v) is 3.57. The van der Waals surface area contributed by atoms with E-state index < -0.39 is 0 Å². The molecule has 0 atom stereocenters. The third-order valence-corrected chi connectivity index (χ3v) is 5.31. The van der Waals surface area contributed by atoms with Crippen LogP contribution < -0.4 is 4.90 Å². The molecular weight excluding hydrogens is 378 g/mol. The number of halogens is 1. The molecule has 0 spiro atoms. The standard InChI is InChI=1S/C26H22ClNO/c1-18(2)20-10-14-24(15-11-20)28-25(21-8-12-23(27)13-9-21)17-22(26(28)29)16-19-6-4-3-5-7-19/h3-18H,1-2H3/b22-16+. The number of carbonyl (C=O) groups is 1. The van der Waals surface area contributed by atoms with E-state index in [1.165, 1.54) is 5.56 Å². The quantitative estimate of drug-likeness (QED) is 0.435. The lowest BCUT2D eigenvalue weighted by molar-refractivity contribution is -0.113. The first kappa shape index (κ1) is 19.2. The molecule has 1 amide bonds. The Bertz CT molecular complexity index is 1080. The predicted octanol–water partition coefficient (Wildman–Crippen LogP) is 6.93. The van der Waals surface area contributed by atoms with Gasteiger partial charge in [0.2, 0.25) is 0 Å². The minimum Gasteiger partial charge on any atom is -0.276 e. The second kappa shape index (κ2) is 8.10. The summed E-state index contributed by atoms with van der Waals surface area (Å²) >= 11 is 6.07. The number of hydrogen-bond acceptors (Lipinski definition) is 1. The first-order valence-electron chi connectivity index (χ1n) is 9.72. The molecule has 0 saturated carbocycles. The Labute approximate surface area is 176 Å². The number of rotatable bonds is 4. The van der Waals surface area contributed by atoms with Crippen molar-refractivity contribution in [2.45, 2.75) is 19.8 Å². The van der Waals surface area contributed by atoms with Crippen molar-refractivity contribution in [1.29, 1.82) is 0 Å². The lowest BCUT2D eigenvalue weighted by Crippen LogP contribution is -2.24. The largest absolute Gasteiger partial charge is 0.276 e. The lowest BCUT2D eigenvalue weighted by atomic mass is 10.0. The smallest absolute Gasteiger partial charge is 0.262 e. The van der Waals surface area contributed by atoms with Crippen molar-refractivity contribution in [3.63, 3.8) is 0 Å². The minimum atomic E-state index is -0.0314. The number of carbonyl (C=O) groups excluding carboxylic acids is 1. The second-order valence-electron chi connectivity index (χ2n) is 7.43. The summed E-state index contributed by atoms with van der Waals surface area (Å²) in [7, 11) is 0. The highest BCUT2D eigenvalue weighted by Gasteiger charge is 2.30. The highest BCUT2D eigenvalue weighted by Crippen LogP contribution is 2.36. The molecule has 3 aromatic carbocycles. The van der Waals surface area contributed by atoms with Gasteiger partial charge >= 0.3 is 0 Å². The minimum absolute atomic E-state index is 0.0314. The van der Waals surface area contributed by atoms with Crippen molar-refractivity contribution in [2.24, 2.45) is 0 Å². The molecule has 144 valence electrons. The molecule has 0 aliphatic carbocycles. The molecule has 4 rings (SSSR count). The van der Waals surface area contributed by atoms with Crippen molar-refractivity contribution >= 4 is 35.0 Å². The van der Waals surface area contributed by atoms with Gasteiger partial charge < -0.3 is 0 Å². The Balaban J connectivity index is 1.79. The van der Waals surface area contributed by atoms with Crippen molar-refractivity contribution in [2.75, 3.05) is 4.90 Å². The van der Waals surface area contributed by atoms with E-state index in [1.54, 1.807) is 4.90 Å². The molecular formula is C26H22ClNO. The fraction of sp³-hybridized carbons (Fsp3) is 0.115. The van der Waals surface area contributed by atoms with Gasteiger partial charge in [-0.05, 0) is 59.0 Å². The highest BCUT2D eigenvalue weighted by molar-refractivity contribution is 6.30. The van der Waals surface area contributed by atoms with Crippen LogP contribution in [0.15, 0.2) is 90.5 Å². The summed E-state index contributed by atoms with van der Waals surface area (Å²) in [6.07, 6.45) is 3.88. The molecule has 1 aliphatic heterocycles. The van der Waals surface area contributed by atoms with Crippen LogP contribution in [0.5, 0.6) is 0 Å². The van der Waals surface area contributed by atoms with Gasteiger partial charge in [0.05, 0.1) is 5.70 Å². The summed E-state index contributed by atoms with van der Waals surface area (Å²) in [6, 6.07) is 25.7. The maximum Gasteiger partial charge on any atom is 0.262 e. The summed E-state index contributed by atoms with van der Waals surface area (Å²) < 4.78 is 0. The Morgan fingerprint density at radius 3 is 2.14 bits per heavy atom. The van der Waals surface area contributed by atoms with E-state index in [4.69, 9.17) is 11.6 Å². The molecule has 3 heteroatoms. The van der Waals surface area contributed by atoms with Crippen LogP contribution in [0.2, 0.25) is 5.02 Å². The SMILES string of the molecule is CC(C)c1ccc(N2C(=O)/C(=C/c3ccccc3)C=C2c2ccc(Cl)cc2)cc1. The number of hydrogen-bond donors (Lipinski definition) is 0. The predicted molar refractivity (Wildman–Crippen MR) is 122 cm³/mol. The zero-order valence-corrected chi connectivity index (χ0v) is 17.2. The van der Waals surface area contributed by atoms with E-state index in [-0.39, 0.29) is 5.91 Å². The number of benzene rings is 3. The zero-order chi connectivity index (χ0) is 20.4. The Morgan fingerprint density at radius 1 is 0.862 bits per heavy atom. The molecule has 1 heterocycles. The van der Waals surface area contributed by atoms with Crippen molar-refractivity contribution in [3.8, 4) is 0 Å². The van der Waals surface area contributed by atoms with Crippen LogP contribution in [0.1, 0.15) is 36.5 Å². The van der Waals surface area contributed by atoms with E-state index in [1.807, 2.05) is 78.9 Å².